The highest BCUT2D eigenvalue weighted by Gasteiger charge is 2.19. The molecule has 0 aliphatic heterocycles. The van der Waals surface area contributed by atoms with Crippen LogP contribution in [0.5, 0.6) is 0 Å². The number of carbonyl (C=O) groups excluding carboxylic acids is 1. The fourth-order valence-electron chi connectivity index (χ4n) is 2.22. The Kier molecular flexibility index (Phi) is 6.08. The molecule has 0 aliphatic carbocycles. The first-order valence-electron chi connectivity index (χ1n) is 7.71. The second-order valence-corrected chi connectivity index (χ2v) is 8.51. The molecule has 146 valence electrons. The predicted molar refractivity (Wildman–Crippen MR) is 104 cm³/mol. The first-order valence-corrected chi connectivity index (χ1v) is 10.4. The molecule has 3 aromatic rings. The van der Waals surface area contributed by atoms with Crippen molar-refractivity contribution >= 4 is 54.4 Å². The van der Waals surface area contributed by atoms with Crippen LogP contribution in [-0.2, 0) is 26.3 Å². The van der Waals surface area contributed by atoms with Gasteiger partial charge in [-0.2, -0.15) is 9.40 Å². The molecule has 0 spiro atoms. The van der Waals surface area contributed by atoms with Crippen LogP contribution in [0.1, 0.15) is 0 Å². The van der Waals surface area contributed by atoms with Crippen molar-refractivity contribution in [3.05, 3.63) is 62.3 Å². The Bertz CT molecular complexity index is 1220. The number of carbonyl (C=O) groups is 1. The summed E-state index contributed by atoms with van der Waals surface area (Å²) in [6, 6.07) is 10.8. The topological polar surface area (TPSA) is 120 Å². The van der Waals surface area contributed by atoms with E-state index in [-0.39, 0.29) is 9.92 Å². The largest absolute Gasteiger partial charge is 0.441 e. The molecule has 1 heterocycles. The van der Waals surface area contributed by atoms with Crippen LogP contribution in [0.4, 0.5) is 0 Å². The third-order valence-corrected chi connectivity index (χ3v) is 5.94. The van der Waals surface area contributed by atoms with E-state index in [0.29, 0.717) is 15.4 Å². The van der Waals surface area contributed by atoms with Crippen LogP contribution in [0.2, 0.25) is 5.02 Å². The van der Waals surface area contributed by atoms with Gasteiger partial charge >= 0.3 is 5.97 Å². The number of rotatable bonds is 6. The molecule has 1 aromatic heterocycles. The molecule has 0 saturated carbocycles. The lowest BCUT2D eigenvalue weighted by molar-refractivity contribution is -0.146. The molecule has 0 radical (unpaired) electrons. The number of sulfonamides is 1. The summed E-state index contributed by atoms with van der Waals surface area (Å²) < 4.78 is 32.9. The highest BCUT2D eigenvalue weighted by atomic mass is 79.9. The minimum Gasteiger partial charge on any atom is -0.441 e. The molecule has 3 rings (SSSR count). The number of nitrogens with one attached hydrogen (secondary N) is 1. The van der Waals surface area contributed by atoms with E-state index in [4.69, 9.17) is 16.3 Å². The first-order chi connectivity index (χ1) is 13.3. The number of nitrogens with zero attached hydrogens (tertiary/aromatic N) is 3. The summed E-state index contributed by atoms with van der Waals surface area (Å²) in [6.07, 6.45) is 0. The quantitative estimate of drug-likeness (QED) is 0.525. The fourth-order valence-corrected chi connectivity index (χ4v) is 4.22. The number of benzene rings is 2. The molecule has 28 heavy (non-hydrogen) atoms. The van der Waals surface area contributed by atoms with E-state index in [0.717, 1.165) is 4.68 Å². The van der Waals surface area contributed by atoms with Gasteiger partial charge in [0.15, 0.2) is 6.73 Å². The Balaban J connectivity index is 1.63. The summed E-state index contributed by atoms with van der Waals surface area (Å²) in [5.41, 5.74) is -0.0742. The standard InChI is InChI=1S/C16H12BrClN4O5S/c17-10-5-6-14(12(18)7-10)28(25,26)19-8-15(23)27-9-22-16(24)11-3-1-2-4-13(11)20-21-22/h1-7,19H,8-9H2. The highest BCUT2D eigenvalue weighted by molar-refractivity contribution is 9.10. The van der Waals surface area contributed by atoms with Crippen molar-refractivity contribution in [3.63, 3.8) is 0 Å². The van der Waals surface area contributed by atoms with Crippen molar-refractivity contribution in [2.75, 3.05) is 6.54 Å². The normalized spacial score (nSPS) is 11.5. The van der Waals surface area contributed by atoms with Crippen molar-refractivity contribution in [1.82, 2.24) is 19.7 Å². The lowest BCUT2D eigenvalue weighted by atomic mass is 10.2. The van der Waals surface area contributed by atoms with E-state index in [9.17, 15) is 18.0 Å². The van der Waals surface area contributed by atoms with Gasteiger partial charge in [0.25, 0.3) is 5.56 Å². The van der Waals surface area contributed by atoms with Gasteiger partial charge in [0.05, 0.1) is 10.4 Å². The van der Waals surface area contributed by atoms with Crippen molar-refractivity contribution in [2.24, 2.45) is 0 Å². The molecule has 0 bridgehead atoms. The molecule has 0 aliphatic rings. The van der Waals surface area contributed by atoms with Gasteiger partial charge in [0.1, 0.15) is 17.0 Å². The highest BCUT2D eigenvalue weighted by Crippen LogP contribution is 2.24. The van der Waals surface area contributed by atoms with E-state index in [2.05, 4.69) is 31.0 Å². The van der Waals surface area contributed by atoms with Gasteiger partial charge in [-0.15, -0.1) is 5.10 Å². The van der Waals surface area contributed by atoms with Gasteiger partial charge in [-0.1, -0.05) is 44.9 Å². The number of esters is 1. The molecular weight excluding hydrogens is 476 g/mol. The van der Waals surface area contributed by atoms with Gasteiger partial charge in [-0.05, 0) is 30.3 Å². The Morgan fingerprint density at radius 2 is 2.00 bits per heavy atom. The monoisotopic (exact) mass is 486 g/mol. The van der Waals surface area contributed by atoms with Gasteiger partial charge in [0, 0.05) is 4.47 Å². The maximum atomic E-state index is 12.2. The lowest BCUT2D eigenvalue weighted by Crippen LogP contribution is -2.33. The number of fused-ring (bicyclic) bond motifs is 1. The van der Waals surface area contributed by atoms with Gasteiger partial charge in [-0.3, -0.25) is 9.59 Å². The Morgan fingerprint density at radius 1 is 1.25 bits per heavy atom. The Morgan fingerprint density at radius 3 is 2.75 bits per heavy atom. The zero-order valence-electron chi connectivity index (χ0n) is 14.0. The van der Waals surface area contributed by atoms with E-state index in [1.54, 1.807) is 24.3 Å². The third kappa shape index (κ3) is 4.55. The summed E-state index contributed by atoms with van der Waals surface area (Å²) in [6.45, 7) is -1.15. The van der Waals surface area contributed by atoms with Crippen LogP contribution < -0.4 is 10.3 Å². The Labute approximate surface area is 172 Å². The molecule has 2 aromatic carbocycles. The molecule has 9 nitrogen and oxygen atoms in total. The summed E-state index contributed by atoms with van der Waals surface area (Å²) in [5.74, 6) is -0.904. The minimum atomic E-state index is -4.02. The van der Waals surface area contributed by atoms with Crippen LogP contribution in [0, 0.1) is 0 Å². The molecule has 12 heteroatoms. The maximum absolute atomic E-state index is 12.2. The van der Waals surface area contributed by atoms with Gasteiger partial charge in [0.2, 0.25) is 10.0 Å². The average molecular weight is 488 g/mol. The van der Waals surface area contributed by atoms with Crippen LogP contribution >= 0.6 is 27.5 Å². The van der Waals surface area contributed by atoms with E-state index < -0.39 is 34.8 Å². The molecule has 0 unspecified atom stereocenters. The molecular formula is C16H12BrClN4O5S. The zero-order valence-corrected chi connectivity index (χ0v) is 17.2. The maximum Gasteiger partial charge on any atom is 0.322 e. The number of hydrogen-bond acceptors (Lipinski definition) is 7. The van der Waals surface area contributed by atoms with Gasteiger partial charge < -0.3 is 4.74 Å². The van der Waals surface area contributed by atoms with Crippen LogP contribution in [0.15, 0.2) is 56.6 Å². The molecule has 0 fully saturated rings. The third-order valence-electron chi connectivity index (χ3n) is 3.57. The Hall–Kier alpha value is -2.34. The van der Waals surface area contributed by atoms with Crippen LogP contribution in [-0.4, -0.2) is 35.9 Å². The van der Waals surface area contributed by atoms with E-state index in [1.165, 1.54) is 18.2 Å². The molecule has 0 amide bonds. The molecule has 1 N–H and O–H groups in total. The second kappa shape index (κ2) is 8.35. The van der Waals surface area contributed by atoms with Crippen molar-refractivity contribution in [1.29, 1.82) is 0 Å². The number of aromatic nitrogens is 3. The average Bonchev–Trinajstić information content (AvgIpc) is 2.66. The SMILES string of the molecule is O=C(CNS(=O)(=O)c1ccc(Br)cc1Cl)OCn1nnc2ccccc2c1=O. The number of ether oxygens (including phenoxy) is 1. The molecule has 0 saturated heterocycles. The van der Waals surface area contributed by atoms with Crippen LogP contribution in [0.3, 0.4) is 0 Å². The smallest absolute Gasteiger partial charge is 0.322 e. The molecule has 0 atom stereocenters. The number of hydrogen-bond donors (Lipinski definition) is 1. The lowest BCUT2D eigenvalue weighted by Gasteiger charge is -2.09. The summed E-state index contributed by atoms with van der Waals surface area (Å²) in [5, 5.41) is 7.84. The summed E-state index contributed by atoms with van der Waals surface area (Å²) in [4.78, 5) is 23.9. The summed E-state index contributed by atoms with van der Waals surface area (Å²) in [7, 11) is -4.02. The minimum absolute atomic E-state index is 0.00627. The fraction of sp³-hybridized carbons (Fsp3) is 0.125. The van der Waals surface area contributed by atoms with Crippen molar-refractivity contribution in [3.8, 4) is 0 Å². The first kappa shape index (κ1) is 20.4. The van der Waals surface area contributed by atoms with Crippen molar-refractivity contribution in [2.45, 2.75) is 11.6 Å². The van der Waals surface area contributed by atoms with Gasteiger partial charge in [-0.25, -0.2) is 8.42 Å². The number of halogens is 2. The van der Waals surface area contributed by atoms with E-state index in [1.807, 2.05) is 0 Å². The summed E-state index contributed by atoms with van der Waals surface area (Å²) >= 11 is 9.09. The predicted octanol–water partition coefficient (Wildman–Crippen LogP) is 1.69. The van der Waals surface area contributed by atoms with Crippen LogP contribution in [0.25, 0.3) is 10.9 Å². The zero-order chi connectivity index (χ0) is 20.3. The van der Waals surface area contributed by atoms with Crippen molar-refractivity contribution < 1.29 is 17.9 Å². The second-order valence-electron chi connectivity index (χ2n) is 5.46. The van der Waals surface area contributed by atoms with E-state index >= 15 is 0 Å².